The molecule has 1 fully saturated rings. The van der Waals surface area contributed by atoms with Gasteiger partial charge >= 0.3 is 0 Å². The van der Waals surface area contributed by atoms with E-state index in [0.29, 0.717) is 5.56 Å². The second kappa shape index (κ2) is 4.97. The number of hydrogen-bond donors (Lipinski definition) is 1. The normalized spacial score (nSPS) is 19.8. The third kappa shape index (κ3) is 3.01. The Labute approximate surface area is 103 Å². The maximum absolute atomic E-state index is 13.0. The molecule has 18 heavy (non-hydrogen) atoms. The number of hydrogen-bond acceptors (Lipinski definition) is 3. The van der Waals surface area contributed by atoms with E-state index in [-0.39, 0.29) is 19.4 Å². The smallest absolute Gasteiger partial charge is 0.267 e. The molecule has 0 aliphatic carbocycles. The first-order chi connectivity index (χ1) is 8.48. The number of pyridine rings is 1. The van der Waals surface area contributed by atoms with Gasteiger partial charge in [0.1, 0.15) is 0 Å². The van der Waals surface area contributed by atoms with Gasteiger partial charge in [-0.15, -0.1) is 0 Å². The first-order valence-corrected chi connectivity index (χ1v) is 5.71. The van der Waals surface area contributed by atoms with Crippen LogP contribution in [0.5, 0.6) is 0 Å². The summed E-state index contributed by atoms with van der Waals surface area (Å²) < 4.78 is 25.9. The van der Waals surface area contributed by atoms with E-state index >= 15 is 0 Å². The minimum Gasteiger partial charge on any atom is -0.388 e. The van der Waals surface area contributed by atoms with Crippen molar-refractivity contribution >= 4 is 5.91 Å². The number of aliphatic hydroxyl groups is 1. The van der Waals surface area contributed by atoms with Crippen molar-refractivity contribution in [1.82, 2.24) is 9.88 Å². The number of carbonyl (C=O) groups excluding carboxylic acids is 1. The second-order valence-electron chi connectivity index (χ2n) is 4.42. The lowest BCUT2D eigenvalue weighted by molar-refractivity contribution is -0.133. The minimum absolute atomic E-state index is 0.0505. The SMILES string of the molecule is O=C(C[C@@H](O)c1ccncc1)N1CCC(F)(F)C1. The molecule has 98 valence electrons. The predicted octanol–water partition coefficient (Wildman–Crippen LogP) is 1.37. The fraction of sp³-hybridized carbons (Fsp3) is 0.500. The van der Waals surface area contributed by atoms with Gasteiger partial charge < -0.3 is 10.0 Å². The molecule has 1 aliphatic heterocycles. The number of aromatic nitrogens is 1. The van der Waals surface area contributed by atoms with Gasteiger partial charge in [-0.1, -0.05) is 0 Å². The molecular formula is C12H14F2N2O2. The van der Waals surface area contributed by atoms with Crippen LogP contribution >= 0.6 is 0 Å². The zero-order valence-corrected chi connectivity index (χ0v) is 9.72. The van der Waals surface area contributed by atoms with Crippen LogP contribution < -0.4 is 0 Å². The van der Waals surface area contributed by atoms with Crippen molar-refractivity contribution in [2.24, 2.45) is 0 Å². The van der Waals surface area contributed by atoms with Gasteiger partial charge in [-0.25, -0.2) is 8.78 Å². The van der Waals surface area contributed by atoms with Crippen LogP contribution in [0.15, 0.2) is 24.5 Å². The van der Waals surface area contributed by atoms with Gasteiger partial charge in [-0.3, -0.25) is 9.78 Å². The van der Waals surface area contributed by atoms with Crippen LogP contribution in [0.4, 0.5) is 8.78 Å². The highest BCUT2D eigenvalue weighted by Gasteiger charge is 2.40. The van der Waals surface area contributed by atoms with Crippen LogP contribution in [0, 0.1) is 0 Å². The third-order valence-electron chi connectivity index (χ3n) is 2.98. The molecule has 0 spiro atoms. The summed E-state index contributed by atoms with van der Waals surface area (Å²) >= 11 is 0. The Hall–Kier alpha value is -1.56. The van der Waals surface area contributed by atoms with E-state index in [2.05, 4.69) is 4.98 Å². The highest BCUT2D eigenvalue weighted by atomic mass is 19.3. The molecule has 6 heteroatoms. The number of aliphatic hydroxyl groups excluding tert-OH is 1. The van der Waals surface area contributed by atoms with Crippen LogP contribution in [0.1, 0.15) is 24.5 Å². The highest BCUT2D eigenvalue weighted by Crippen LogP contribution is 2.28. The minimum atomic E-state index is -2.79. The summed E-state index contributed by atoms with van der Waals surface area (Å²) in [5, 5.41) is 9.82. The fourth-order valence-corrected chi connectivity index (χ4v) is 1.95. The van der Waals surface area contributed by atoms with E-state index in [1.807, 2.05) is 0 Å². The van der Waals surface area contributed by atoms with E-state index in [4.69, 9.17) is 0 Å². The van der Waals surface area contributed by atoms with Crippen LogP contribution in [0.2, 0.25) is 0 Å². The Kier molecular flexibility index (Phi) is 3.56. The summed E-state index contributed by atoms with van der Waals surface area (Å²) in [5.41, 5.74) is 0.560. The second-order valence-corrected chi connectivity index (χ2v) is 4.42. The maximum Gasteiger partial charge on any atom is 0.267 e. The molecule has 1 amide bonds. The topological polar surface area (TPSA) is 53.4 Å². The van der Waals surface area contributed by atoms with Gasteiger partial charge in [0.15, 0.2) is 0 Å². The molecule has 0 unspecified atom stereocenters. The van der Waals surface area contributed by atoms with Crippen LogP contribution in [0.25, 0.3) is 0 Å². The molecule has 4 nitrogen and oxygen atoms in total. The lowest BCUT2D eigenvalue weighted by Gasteiger charge is -2.18. The van der Waals surface area contributed by atoms with Crippen molar-refractivity contribution in [2.75, 3.05) is 13.1 Å². The van der Waals surface area contributed by atoms with Gasteiger partial charge in [0.25, 0.3) is 5.92 Å². The summed E-state index contributed by atoms with van der Waals surface area (Å²) in [6, 6.07) is 3.19. The molecular weight excluding hydrogens is 242 g/mol. The molecule has 1 saturated heterocycles. The molecule has 1 aromatic heterocycles. The molecule has 1 N–H and O–H groups in total. The quantitative estimate of drug-likeness (QED) is 0.888. The van der Waals surface area contributed by atoms with Crippen molar-refractivity contribution in [3.8, 4) is 0 Å². The fourth-order valence-electron chi connectivity index (χ4n) is 1.95. The number of amides is 1. The van der Waals surface area contributed by atoms with E-state index < -0.39 is 24.5 Å². The summed E-state index contributed by atoms with van der Waals surface area (Å²) in [6.45, 7) is -0.496. The van der Waals surface area contributed by atoms with E-state index in [1.54, 1.807) is 12.1 Å². The van der Waals surface area contributed by atoms with E-state index in [1.165, 1.54) is 12.4 Å². The Morgan fingerprint density at radius 3 is 2.72 bits per heavy atom. The summed E-state index contributed by atoms with van der Waals surface area (Å²) in [7, 11) is 0. The first kappa shape index (κ1) is 12.9. The number of carbonyl (C=O) groups is 1. The van der Waals surface area contributed by atoms with Gasteiger partial charge in [0.2, 0.25) is 5.91 Å². The number of halogens is 2. The number of rotatable bonds is 3. The zero-order valence-electron chi connectivity index (χ0n) is 9.72. The first-order valence-electron chi connectivity index (χ1n) is 5.71. The van der Waals surface area contributed by atoms with Crippen molar-refractivity contribution in [3.63, 3.8) is 0 Å². The lowest BCUT2D eigenvalue weighted by Crippen LogP contribution is -2.32. The van der Waals surface area contributed by atoms with Crippen molar-refractivity contribution in [3.05, 3.63) is 30.1 Å². The van der Waals surface area contributed by atoms with Gasteiger partial charge in [0, 0.05) is 25.4 Å². The van der Waals surface area contributed by atoms with E-state index in [9.17, 15) is 18.7 Å². The average molecular weight is 256 g/mol. The molecule has 0 radical (unpaired) electrons. The van der Waals surface area contributed by atoms with Gasteiger partial charge in [-0.2, -0.15) is 0 Å². The van der Waals surface area contributed by atoms with Crippen LogP contribution in [-0.4, -0.2) is 39.9 Å². The van der Waals surface area contributed by atoms with Gasteiger partial charge in [-0.05, 0) is 17.7 Å². The van der Waals surface area contributed by atoms with Crippen LogP contribution in [0.3, 0.4) is 0 Å². The Morgan fingerprint density at radius 2 is 2.17 bits per heavy atom. The summed E-state index contributed by atoms with van der Waals surface area (Å²) in [5.74, 6) is -3.24. The number of nitrogens with zero attached hydrogens (tertiary/aromatic N) is 2. The van der Waals surface area contributed by atoms with Crippen molar-refractivity contribution in [1.29, 1.82) is 0 Å². The highest BCUT2D eigenvalue weighted by molar-refractivity contribution is 5.77. The molecule has 1 atom stereocenters. The molecule has 0 aromatic carbocycles. The molecule has 1 aliphatic rings. The molecule has 2 rings (SSSR count). The number of likely N-dealkylation sites (tertiary alicyclic amines) is 1. The van der Waals surface area contributed by atoms with Crippen molar-refractivity contribution < 1.29 is 18.7 Å². The Balaban J connectivity index is 1.92. The maximum atomic E-state index is 13.0. The molecule has 1 aromatic rings. The van der Waals surface area contributed by atoms with Crippen molar-refractivity contribution in [2.45, 2.75) is 24.9 Å². The average Bonchev–Trinajstić information content (AvgIpc) is 2.71. The molecule has 0 saturated carbocycles. The summed E-state index contributed by atoms with van der Waals surface area (Å²) in [4.78, 5) is 16.6. The summed E-state index contributed by atoms with van der Waals surface area (Å²) in [6.07, 6.45) is 1.55. The number of alkyl halides is 2. The van der Waals surface area contributed by atoms with Crippen LogP contribution in [-0.2, 0) is 4.79 Å². The van der Waals surface area contributed by atoms with E-state index in [0.717, 1.165) is 4.90 Å². The molecule has 0 bridgehead atoms. The lowest BCUT2D eigenvalue weighted by atomic mass is 10.1. The predicted molar refractivity (Wildman–Crippen MR) is 60.0 cm³/mol. The Bertz CT molecular complexity index is 425. The standard InChI is InChI=1S/C12H14F2N2O2/c13-12(14)3-6-16(8-12)11(18)7-10(17)9-1-4-15-5-2-9/h1-2,4-5,10,17H,3,6-8H2/t10-/m1/s1. The largest absolute Gasteiger partial charge is 0.388 e. The Morgan fingerprint density at radius 1 is 1.50 bits per heavy atom. The third-order valence-corrected chi connectivity index (χ3v) is 2.98. The molecule has 2 heterocycles. The monoisotopic (exact) mass is 256 g/mol. The zero-order chi connectivity index (χ0) is 13.2. The van der Waals surface area contributed by atoms with Gasteiger partial charge in [0.05, 0.1) is 19.1 Å².